The summed E-state index contributed by atoms with van der Waals surface area (Å²) in [6.07, 6.45) is 0. The van der Waals surface area contributed by atoms with Crippen LogP contribution in [0.3, 0.4) is 0 Å². The van der Waals surface area contributed by atoms with E-state index in [1.54, 1.807) is 11.3 Å². The van der Waals surface area contributed by atoms with Crippen LogP contribution in [0.15, 0.2) is 176 Å². The molecule has 0 N–H and O–H groups in total. The molecule has 12 rings (SSSR count). The highest BCUT2D eigenvalue weighted by molar-refractivity contribution is 7.22. The van der Waals surface area contributed by atoms with Crippen molar-refractivity contribution in [1.82, 2.24) is 9.38 Å². The van der Waals surface area contributed by atoms with Crippen LogP contribution in [0.2, 0.25) is 0 Å². The van der Waals surface area contributed by atoms with Crippen molar-refractivity contribution in [3.05, 3.63) is 187 Å². The first-order valence-electron chi connectivity index (χ1n) is 19.3. The predicted octanol–water partition coefficient (Wildman–Crippen LogP) is 14.6. The normalized spacial score (nSPS) is 13.3. The van der Waals surface area contributed by atoms with Crippen LogP contribution in [0.1, 0.15) is 25.0 Å². The molecule has 0 bridgehead atoms. The van der Waals surface area contributed by atoms with Crippen molar-refractivity contribution in [3.8, 4) is 32.8 Å². The second-order valence-corrected chi connectivity index (χ2v) is 16.6. The van der Waals surface area contributed by atoms with Gasteiger partial charge in [-0.1, -0.05) is 135 Å². The van der Waals surface area contributed by atoms with Gasteiger partial charge >= 0.3 is 0 Å². The van der Waals surface area contributed by atoms with Crippen LogP contribution in [0.4, 0.5) is 17.1 Å². The van der Waals surface area contributed by atoms with Gasteiger partial charge in [0.2, 0.25) is 0 Å². The zero-order chi connectivity index (χ0) is 37.1. The highest BCUT2D eigenvalue weighted by atomic mass is 32.1. The third-order valence-electron chi connectivity index (χ3n) is 12.1. The van der Waals surface area contributed by atoms with E-state index in [0.29, 0.717) is 0 Å². The maximum atomic E-state index is 5.27. The fraction of sp³-hybridized carbons (Fsp3) is 0.0577. The number of hydrogen-bond acceptors (Lipinski definition) is 3. The topological polar surface area (TPSA) is 20.5 Å². The summed E-state index contributed by atoms with van der Waals surface area (Å²) < 4.78 is 3.71. The molecule has 8 aromatic carbocycles. The molecule has 0 spiro atoms. The maximum absolute atomic E-state index is 5.27. The molecule has 56 heavy (non-hydrogen) atoms. The monoisotopic (exact) mass is 733 g/mol. The highest BCUT2D eigenvalue weighted by Gasteiger charge is 2.36. The lowest BCUT2D eigenvalue weighted by Gasteiger charge is -2.28. The average molecular weight is 734 g/mol. The largest absolute Gasteiger partial charge is 0.310 e. The molecule has 4 heteroatoms. The molecular weight excluding hydrogens is 699 g/mol. The summed E-state index contributed by atoms with van der Waals surface area (Å²) >= 11 is 1.80. The maximum Gasteiger partial charge on any atom is 0.124 e. The Hall–Kier alpha value is -6.75. The quantitative estimate of drug-likeness (QED) is 0.176. The molecule has 0 unspecified atom stereocenters. The van der Waals surface area contributed by atoms with Gasteiger partial charge in [-0.3, -0.25) is 0 Å². The number of thiazole rings is 1. The van der Waals surface area contributed by atoms with Gasteiger partial charge in [0.15, 0.2) is 0 Å². The third-order valence-corrected chi connectivity index (χ3v) is 13.3. The van der Waals surface area contributed by atoms with E-state index < -0.39 is 0 Å². The molecule has 264 valence electrons. The average Bonchev–Trinajstić information content (AvgIpc) is 3.98. The second kappa shape index (κ2) is 11.6. The molecule has 0 atom stereocenters. The molecule has 0 saturated heterocycles. The molecule has 0 radical (unpaired) electrons. The zero-order valence-electron chi connectivity index (χ0n) is 31.0. The van der Waals surface area contributed by atoms with Gasteiger partial charge in [-0.2, -0.15) is 0 Å². The number of anilines is 3. The molecule has 3 heterocycles. The van der Waals surface area contributed by atoms with E-state index in [9.17, 15) is 0 Å². The first kappa shape index (κ1) is 31.6. The van der Waals surface area contributed by atoms with E-state index >= 15 is 0 Å². The lowest BCUT2D eigenvalue weighted by atomic mass is 9.82. The van der Waals surface area contributed by atoms with Gasteiger partial charge in [0.1, 0.15) is 5.01 Å². The fourth-order valence-corrected chi connectivity index (χ4v) is 10.6. The summed E-state index contributed by atoms with van der Waals surface area (Å²) in [4.78, 5) is 7.72. The number of benzene rings is 8. The smallest absolute Gasteiger partial charge is 0.124 e. The lowest BCUT2D eigenvalue weighted by molar-refractivity contribution is 0.660. The van der Waals surface area contributed by atoms with Gasteiger partial charge in [0.25, 0.3) is 0 Å². The van der Waals surface area contributed by atoms with Crippen LogP contribution >= 0.6 is 11.3 Å². The van der Waals surface area contributed by atoms with Gasteiger partial charge in [0, 0.05) is 49.6 Å². The van der Waals surface area contributed by atoms with Crippen molar-refractivity contribution in [2.24, 2.45) is 0 Å². The summed E-state index contributed by atoms with van der Waals surface area (Å²) in [5.41, 5.74) is 17.0. The summed E-state index contributed by atoms with van der Waals surface area (Å²) in [7, 11) is 0. The van der Waals surface area contributed by atoms with Gasteiger partial charge in [-0.05, 0) is 88.0 Å². The highest BCUT2D eigenvalue weighted by Crippen LogP contribution is 2.52. The van der Waals surface area contributed by atoms with E-state index in [-0.39, 0.29) is 5.41 Å². The van der Waals surface area contributed by atoms with E-state index in [4.69, 9.17) is 4.98 Å². The Kier molecular flexibility index (Phi) is 6.56. The molecule has 1 aliphatic carbocycles. The van der Waals surface area contributed by atoms with Crippen molar-refractivity contribution in [1.29, 1.82) is 0 Å². The number of aromatic nitrogens is 2. The Morgan fingerprint density at radius 1 is 0.500 bits per heavy atom. The van der Waals surface area contributed by atoms with Gasteiger partial charge in [0.05, 0.1) is 26.8 Å². The number of rotatable bonds is 5. The minimum Gasteiger partial charge on any atom is -0.310 e. The number of nitrogens with zero attached hydrogens (tertiary/aromatic N) is 3. The first-order chi connectivity index (χ1) is 27.5. The number of hydrogen-bond donors (Lipinski definition) is 0. The molecule has 11 aromatic rings. The van der Waals surface area contributed by atoms with Crippen LogP contribution in [-0.4, -0.2) is 9.38 Å². The molecule has 0 aliphatic heterocycles. The Bertz CT molecular complexity index is 3320. The van der Waals surface area contributed by atoms with E-state index in [0.717, 1.165) is 33.1 Å². The van der Waals surface area contributed by atoms with Gasteiger partial charge < -0.3 is 9.30 Å². The SMILES string of the molecule is CC1(C)c2ccccc2-c2ccc(N(c3ccc(-c4ccccc4)cc3)c3ccc4c(c3)c3c5sc(-c6ccccc6)nc5cc5c6ccccc6n4c53)cc21. The van der Waals surface area contributed by atoms with E-state index in [1.807, 2.05) is 0 Å². The van der Waals surface area contributed by atoms with Crippen molar-refractivity contribution in [3.63, 3.8) is 0 Å². The van der Waals surface area contributed by atoms with Crippen molar-refractivity contribution in [2.45, 2.75) is 19.3 Å². The van der Waals surface area contributed by atoms with Gasteiger partial charge in [-0.25, -0.2) is 4.98 Å². The van der Waals surface area contributed by atoms with Crippen LogP contribution in [0.25, 0.3) is 81.1 Å². The minimum atomic E-state index is -0.114. The van der Waals surface area contributed by atoms with E-state index in [1.165, 1.54) is 76.2 Å². The first-order valence-corrected chi connectivity index (χ1v) is 20.1. The Labute approximate surface area is 328 Å². The summed E-state index contributed by atoms with van der Waals surface area (Å²) in [6.45, 7) is 4.72. The standard InChI is InChI=1S/C52H35N3S/c1-52(2)43-19-11-9-17-38(43)39-27-25-37(30-44(39)52)54(35-23-21-33(22-24-35)32-13-5-3-6-14-32)36-26-28-47-42(29-36)48-49-41(40-18-10-12-20-46(40)55(47)49)31-45-50(48)56-51(53-45)34-15-7-4-8-16-34/h3-31H,1-2H3. The van der Waals surface area contributed by atoms with Crippen LogP contribution in [-0.2, 0) is 5.41 Å². The molecular formula is C52H35N3S. The third kappa shape index (κ3) is 4.42. The zero-order valence-corrected chi connectivity index (χ0v) is 31.8. The summed E-state index contributed by atoms with van der Waals surface area (Å²) in [6, 6.07) is 64.4. The molecule has 0 saturated carbocycles. The van der Waals surface area contributed by atoms with Crippen LogP contribution in [0, 0.1) is 0 Å². The molecule has 0 fully saturated rings. The van der Waals surface area contributed by atoms with Crippen molar-refractivity contribution >= 4 is 76.7 Å². The lowest BCUT2D eigenvalue weighted by Crippen LogP contribution is -2.16. The van der Waals surface area contributed by atoms with Crippen molar-refractivity contribution in [2.75, 3.05) is 4.90 Å². The molecule has 3 aromatic heterocycles. The van der Waals surface area contributed by atoms with Crippen LogP contribution < -0.4 is 4.90 Å². The summed E-state index contributed by atoms with van der Waals surface area (Å²) in [5.74, 6) is 0. The summed E-state index contributed by atoms with van der Waals surface area (Å²) in [5, 5.41) is 6.07. The molecule has 1 aliphatic rings. The Balaban J connectivity index is 1.12. The second-order valence-electron chi connectivity index (χ2n) is 15.6. The predicted molar refractivity (Wildman–Crippen MR) is 237 cm³/mol. The molecule has 3 nitrogen and oxygen atoms in total. The van der Waals surface area contributed by atoms with Crippen molar-refractivity contribution < 1.29 is 0 Å². The fourth-order valence-electron chi connectivity index (χ4n) is 9.49. The van der Waals surface area contributed by atoms with Crippen LogP contribution in [0.5, 0.6) is 0 Å². The minimum absolute atomic E-state index is 0.114. The number of para-hydroxylation sites is 1. The molecule has 0 amide bonds. The Morgan fingerprint density at radius 2 is 1.12 bits per heavy atom. The Morgan fingerprint density at radius 3 is 1.95 bits per heavy atom. The number of fused-ring (bicyclic) bond motifs is 11. The van der Waals surface area contributed by atoms with E-state index in [2.05, 4.69) is 199 Å². The van der Waals surface area contributed by atoms with Gasteiger partial charge in [-0.15, -0.1) is 11.3 Å².